The monoisotopic (exact) mass is 243 g/mol. The molecule has 1 aromatic rings. The van der Waals surface area contributed by atoms with Gasteiger partial charge in [-0.15, -0.1) is 0 Å². The Hall–Kier alpha value is -0.820. The first-order chi connectivity index (χ1) is 8.84. The van der Waals surface area contributed by atoms with Crippen LogP contribution in [0.15, 0.2) is 24.3 Å². The van der Waals surface area contributed by atoms with Crippen LogP contribution in [0, 0.1) is 0 Å². The predicted octanol–water partition coefficient (Wildman–Crippen LogP) is 4.33. The van der Waals surface area contributed by atoms with Crippen molar-refractivity contribution in [2.24, 2.45) is 5.73 Å². The molecule has 98 valence electrons. The Morgan fingerprint density at radius 2 is 1.39 bits per heavy atom. The third-order valence-electron chi connectivity index (χ3n) is 4.95. The Labute approximate surface area is 111 Å². The van der Waals surface area contributed by atoms with E-state index in [4.69, 9.17) is 5.73 Å². The molecule has 1 heteroatoms. The highest BCUT2D eigenvalue weighted by Gasteiger charge is 2.26. The average Bonchev–Trinajstić information content (AvgIpc) is 2.52. The summed E-state index contributed by atoms with van der Waals surface area (Å²) in [6.45, 7) is 0. The first kappa shape index (κ1) is 12.2. The van der Waals surface area contributed by atoms with Crippen molar-refractivity contribution in [3.8, 4) is 0 Å². The zero-order chi connectivity index (χ0) is 12.4. The normalized spacial score (nSPS) is 29.6. The minimum Gasteiger partial charge on any atom is -0.328 e. The van der Waals surface area contributed by atoms with Crippen LogP contribution in [0.2, 0.25) is 0 Å². The number of benzene rings is 1. The lowest BCUT2D eigenvalue weighted by atomic mass is 9.75. The topological polar surface area (TPSA) is 26.0 Å². The summed E-state index contributed by atoms with van der Waals surface area (Å²) in [5, 5.41) is 0. The van der Waals surface area contributed by atoms with Crippen molar-refractivity contribution in [3.63, 3.8) is 0 Å². The van der Waals surface area contributed by atoms with Gasteiger partial charge in [-0.25, -0.2) is 0 Å². The second kappa shape index (κ2) is 5.44. The second-order valence-corrected chi connectivity index (χ2v) is 6.23. The van der Waals surface area contributed by atoms with Gasteiger partial charge >= 0.3 is 0 Å². The van der Waals surface area contributed by atoms with Crippen molar-refractivity contribution in [2.45, 2.75) is 69.2 Å². The first-order valence-corrected chi connectivity index (χ1v) is 7.69. The van der Waals surface area contributed by atoms with Gasteiger partial charge in [-0.1, -0.05) is 43.5 Å². The predicted molar refractivity (Wildman–Crippen MR) is 76.8 cm³/mol. The largest absolute Gasteiger partial charge is 0.328 e. The first-order valence-electron chi connectivity index (χ1n) is 7.69. The zero-order valence-electron chi connectivity index (χ0n) is 11.3. The van der Waals surface area contributed by atoms with Crippen molar-refractivity contribution in [1.29, 1.82) is 0 Å². The van der Waals surface area contributed by atoms with E-state index in [0.717, 1.165) is 11.8 Å². The van der Waals surface area contributed by atoms with E-state index in [2.05, 4.69) is 24.3 Å². The molecule has 0 saturated heterocycles. The molecule has 1 nitrogen and oxygen atoms in total. The maximum Gasteiger partial charge on any atom is 0.00446 e. The maximum atomic E-state index is 6.24. The van der Waals surface area contributed by atoms with Gasteiger partial charge in [0, 0.05) is 6.04 Å². The molecule has 0 aromatic heterocycles. The molecule has 0 heterocycles. The van der Waals surface area contributed by atoms with Gasteiger partial charge in [0.05, 0.1) is 0 Å². The third-order valence-corrected chi connectivity index (χ3v) is 4.95. The highest BCUT2D eigenvalue weighted by atomic mass is 14.6. The smallest absolute Gasteiger partial charge is 0.00446 e. The summed E-state index contributed by atoms with van der Waals surface area (Å²) in [5.74, 6) is 1.57. The molecule has 2 fully saturated rings. The molecule has 2 N–H and O–H groups in total. The van der Waals surface area contributed by atoms with Crippen molar-refractivity contribution >= 4 is 0 Å². The summed E-state index contributed by atoms with van der Waals surface area (Å²) in [4.78, 5) is 0. The zero-order valence-corrected chi connectivity index (χ0v) is 11.3. The number of hydrogen-bond acceptors (Lipinski definition) is 1. The standard InChI is InChI=1S/C17H25N/c18-15-9-2-1-6-14(12-15)17-11-4-3-10-16(17)13-7-5-8-13/h3-4,10-11,13-15H,1-2,5-9,12,18H2. The molecule has 0 aliphatic heterocycles. The Kier molecular flexibility index (Phi) is 3.69. The highest BCUT2D eigenvalue weighted by molar-refractivity contribution is 5.34. The summed E-state index contributed by atoms with van der Waals surface area (Å²) < 4.78 is 0. The maximum absolute atomic E-state index is 6.24. The lowest BCUT2D eigenvalue weighted by Crippen LogP contribution is -2.22. The Bertz CT molecular complexity index is 394. The van der Waals surface area contributed by atoms with E-state index >= 15 is 0 Å². The molecule has 0 radical (unpaired) electrons. The fourth-order valence-electron chi connectivity index (χ4n) is 3.65. The molecule has 1 aromatic carbocycles. The van der Waals surface area contributed by atoms with Gasteiger partial charge in [-0.2, -0.15) is 0 Å². The molecule has 0 amide bonds. The van der Waals surface area contributed by atoms with E-state index in [1.807, 2.05) is 0 Å². The lowest BCUT2D eigenvalue weighted by Gasteiger charge is -2.30. The van der Waals surface area contributed by atoms with Gasteiger partial charge in [0.15, 0.2) is 0 Å². The van der Waals surface area contributed by atoms with E-state index in [1.54, 1.807) is 11.1 Å². The quantitative estimate of drug-likeness (QED) is 0.769. The molecule has 2 atom stereocenters. The van der Waals surface area contributed by atoms with Gasteiger partial charge < -0.3 is 5.73 Å². The Balaban J connectivity index is 1.85. The number of rotatable bonds is 2. The fourth-order valence-corrected chi connectivity index (χ4v) is 3.65. The van der Waals surface area contributed by atoms with Crippen LogP contribution in [-0.2, 0) is 0 Å². The second-order valence-electron chi connectivity index (χ2n) is 6.23. The van der Waals surface area contributed by atoms with Crippen molar-refractivity contribution in [3.05, 3.63) is 35.4 Å². The van der Waals surface area contributed by atoms with Crippen molar-refractivity contribution < 1.29 is 0 Å². The van der Waals surface area contributed by atoms with E-state index in [9.17, 15) is 0 Å². The third kappa shape index (κ3) is 2.47. The van der Waals surface area contributed by atoms with Crippen LogP contribution in [0.3, 0.4) is 0 Å². The molecular weight excluding hydrogens is 218 g/mol. The van der Waals surface area contributed by atoms with Crippen molar-refractivity contribution in [1.82, 2.24) is 0 Å². The molecule has 3 rings (SSSR count). The van der Waals surface area contributed by atoms with E-state index in [1.165, 1.54) is 51.4 Å². The minimum atomic E-state index is 0.423. The fraction of sp³-hybridized carbons (Fsp3) is 0.647. The van der Waals surface area contributed by atoms with Gasteiger partial charge in [0.1, 0.15) is 0 Å². The van der Waals surface area contributed by atoms with Crippen LogP contribution in [0.1, 0.15) is 74.3 Å². The molecule has 18 heavy (non-hydrogen) atoms. The average molecular weight is 243 g/mol. The van der Waals surface area contributed by atoms with E-state index in [-0.39, 0.29) is 0 Å². The summed E-state index contributed by atoms with van der Waals surface area (Å²) in [7, 11) is 0. The molecule has 0 bridgehead atoms. The van der Waals surface area contributed by atoms with Crippen LogP contribution >= 0.6 is 0 Å². The van der Waals surface area contributed by atoms with Gasteiger partial charge in [0.25, 0.3) is 0 Å². The van der Waals surface area contributed by atoms with E-state index < -0.39 is 0 Å². The van der Waals surface area contributed by atoms with Crippen LogP contribution in [-0.4, -0.2) is 6.04 Å². The molecule has 0 spiro atoms. The SMILES string of the molecule is NC1CCCCC(c2ccccc2C2CCC2)C1. The summed E-state index contributed by atoms with van der Waals surface area (Å²) >= 11 is 0. The van der Waals surface area contributed by atoms with Crippen LogP contribution in [0.4, 0.5) is 0 Å². The van der Waals surface area contributed by atoms with Gasteiger partial charge in [0.2, 0.25) is 0 Å². The minimum absolute atomic E-state index is 0.423. The molecule has 2 aliphatic rings. The molecular formula is C17H25N. The number of nitrogens with two attached hydrogens (primary N) is 1. The van der Waals surface area contributed by atoms with Crippen LogP contribution in [0.5, 0.6) is 0 Å². The Morgan fingerprint density at radius 3 is 2.06 bits per heavy atom. The van der Waals surface area contributed by atoms with Crippen LogP contribution in [0.25, 0.3) is 0 Å². The summed E-state index contributed by atoms with van der Waals surface area (Å²) in [6.07, 6.45) is 10.7. The Morgan fingerprint density at radius 1 is 0.778 bits per heavy atom. The van der Waals surface area contributed by atoms with Crippen LogP contribution < -0.4 is 5.73 Å². The van der Waals surface area contributed by atoms with Gasteiger partial charge in [-0.05, 0) is 55.1 Å². The lowest BCUT2D eigenvalue weighted by molar-refractivity contribution is 0.412. The number of hydrogen-bond donors (Lipinski definition) is 1. The van der Waals surface area contributed by atoms with E-state index in [0.29, 0.717) is 6.04 Å². The molecule has 2 aliphatic carbocycles. The molecule has 2 saturated carbocycles. The van der Waals surface area contributed by atoms with Gasteiger partial charge in [-0.3, -0.25) is 0 Å². The summed E-state index contributed by atoms with van der Waals surface area (Å²) in [5.41, 5.74) is 9.50. The highest BCUT2D eigenvalue weighted by Crippen LogP contribution is 2.42. The van der Waals surface area contributed by atoms with Crippen molar-refractivity contribution in [2.75, 3.05) is 0 Å². The molecule has 2 unspecified atom stereocenters. The summed E-state index contributed by atoms with van der Waals surface area (Å²) in [6, 6.07) is 9.60.